The van der Waals surface area contributed by atoms with E-state index in [9.17, 15) is 20.1 Å². The van der Waals surface area contributed by atoms with Crippen molar-refractivity contribution in [3.8, 4) is 11.6 Å². The summed E-state index contributed by atoms with van der Waals surface area (Å²) in [5.74, 6) is 1.14. The van der Waals surface area contributed by atoms with Gasteiger partial charge < -0.3 is 4.74 Å². The van der Waals surface area contributed by atoms with E-state index in [0.717, 1.165) is 0 Å². The number of hydrogen-bond donors (Lipinski definition) is 1. The van der Waals surface area contributed by atoms with Crippen molar-refractivity contribution >= 4 is 17.5 Å². The summed E-state index contributed by atoms with van der Waals surface area (Å²) in [5.41, 5.74) is 0.189. The van der Waals surface area contributed by atoms with Gasteiger partial charge in [0.05, 0.1) is 23.9 Å². The average Bonchev–Trinajstić information content (AvgIpc) is 3.53. The first kappa shape index (κ1) is 21.1. The van der Waals surface area contributed by atoms with Gasteiger partial charge in [0.2, 0.25) is 0 Å². The van der Waals surface area contributed by atoms with Gasteiger partial charge in [0, 0.05) is 30.9 Å². The molecule has 158 valence electrons. The molecule has 4 aromatic rings. The molecule has 0 aromatic carbocycles. The van der Waals surface area contributed by atoms with Gasteiger partial charge >= 0.3 is 6.09 Å². The summed E-state index contributed by atoms with van der Waals surface area (Å²) in [5, 5.41) is 28.1. The quantitative estimate of drug-likeness (QED) is 0.295. The van der Waals surface area contributed by atoms with Crippen LogP contribution in [-0.4, -0.2) is 52.9 Å². The van der Waals surface area contributed by atoms with Crippen molar-refractivity contribution in [1.82, 2.24) is 29.5 Å². The fourth-order valence-corrected chi connectivity index (χ4v) is 2.26. The van der Waals surface area contributed by atoms with Crippen LogP contribution in [0.2, 0.25) is 0 Å². The molecule has 0 radical (unpaired) electrons. The molecular weight excluding hydrogens is 408 g/mol. The third kappa shape index (κ3) is 5.24. The van der Waals surface area contributed by atoms with Gasteiger partial charge in [-0.05, 0) is 30.3 Å². The summed E-state index contributed by atoms with van der Waals surface area (Å²) < 4.78 is 7.45. The number of nitrogens with zero attached hydrogens (tertiary/aromatic N) is 8. The first-order valence-corrected chi connectivity index (χ1v) is 8.63. The lowest BCUT2D eigenvalue weighted by Crippen LogP contribution is -2.26. The van der Waals surface area contributed by atoms with Crippen molar-refractivity contribution < 1.29 is 19.7 Å². The molecule has 0 unspecified atom stereocenters. The summed E-state index contributed by atoms with van der Waals surface area (Å²) in [4.78, 5) is 28.8. The number of hydrogen-bond acceptors (Lipinski definition) is 9. The van der Waals surface area contributed by atoms with Crippen molar-refractivity contribution in [1.29, 1.82) is 0 Å². The van der Waals surface area contributed by atoms with Gasteiger partial charge in [0.25, 0.3) is 5.69 Å². The molecular formula is C18H16N8O5. The van der Waals surface area contributed by atoms with Crippen LogP contribution in [0.25, 0.3) is 11.6 Å². The molecule has 13 nitrogen and oxygen atoms in total. The first-order valence-electron chi connectivity index (χ1n) is 8.63. The summed E-state index contributed by atoms with van der Waals surface area (Å²) >= 11 is 0. The van der Waals surface area contributed by atoms with E-state index in [-0.39, 0.29) is 11.4 Å². The Morgan fingerprint density at radius 2 is 1.61 bits per heavy atom. The Hall–Kier alpha value is -4.65. The number of aromatic nitrogens is 6. The van der Waals surface area contributed by atoms with Gasteiger partial charge in [0.1, 0.15) is 6.20 Å². The molecule has 0 atom stereocenters. The summed E-state index contributed by atoms with van der Waals surface area (Å²) in [6.07, 6.45) is 8.36. The Labute approximate surface area is 174 Å². The van der Waals surface area contributed by atoms with Crippen LogP contribution in [-0.2, 0) is 4.74 Å². The smallest absolute Gasteiger partial charge is 0.438 e. The number of pyridine rings is 2. The molecule has 4 aromatic heterocycles. The molecule has 1 N–H and O–H groups in total. The second-order valence-corrected chi connectivity index (χ2v) is 5.69. The third-order valence-corrected chi connectivity index (χ3v) is 3.75. The molecule has 0 aliphatic heterocycles. The van der Waals surface area contributed by atoms with E-state index in [2.05, 4.69) is 24.9 Å². The zero-order chi connectivity index (χ0) is 22.2. The number of hydroxylamine groups is 1. The van der Waals surface area contributed by atoms with Crippen LogP contribution in [0.4, 0.5) is 16.2 Å². The molecule has 0 fully saturated rings. The molecule has 31 heavy (non-hydrogen) atoms. The summed E-state index contributed by atoms with van der Waals surface area (Å²) in [6, 6.07) is 9.61. The number of nitro groups is 1. The second kappa shape index (κ2) is 9.71. The number of carbonyl (C=O) groups is 1. The molecule has 0 aliphatic rings. The lowest BCUT2D eigenvalue weighted by molar-refractivity contribution is -0.385. The highest BCUT2D eigenvalue weighted by molar-refractivity contribution is 5.84. The minimum absolute atomic E-state index is 0.0269. The number of rotatable bonds is 4. The number of amides is 1. The van der Waals surface area contributed by atoms with Crippen LogP contribution < -0.4 is 5.06 Å². The molecule has 0 saturated carbocycles. The van der Waals surface area contributed by atoms with Crippen molar-refractivity contribution in [3.05, 3.63) is 83.7 Å². The Balaban J connectivity index is 0.000000179. The van der Waals surface area contributed by atoms with E-state index in [1.165, 1.54) is 36.3 Å². The van der Waals surface area contributed by atoms with E-state index in [1.54, 1.807) is 53.7 Å². The van der Waals surface area contributed by atoms with Crippen molar-refractivity contribution in [2.24, 2.45) is 0 Å². The predicted molar refractivity (Wildman–Crippen MR) is 106 cm³/mol. The summed E-state index contributed by atoms with van der Waals surface area (Å²) in [7, 11) is 1.18. The molecule has 13 heteroatoms. The fourth-order valence-electron chi connectivity index (χ4n) is 2.26. The van der Waals surface area contributed by atoms with E-state index >= 15 is 0 Å². The topological polar surface area (TPSA) is 154 Å². The summed E-state index contributed by atoms with van der Waals surface area (Å²) in [6.45, 7) is 0. The van der Waals surface area contributed by atoms with Crippen LogP contribution in [0.1, 0.15) is 0 Å². The van der Waals surface area contributed by atoms with Gasteiger partial charge in [-0.2, -0.15) is 15.3 Å². The number of carbonyl (C=O) groups excluding carboxylic acids is 1. The minimum Gasteiger partial charge on any atom is -0.451 e. The first-order chi connectivity index (χ1) is 15.0. The Morgan fingerprint density at radius 1 is 1.03 bits per heavy atom. The highest BCUT2D eigenvalue weighted by Crippen LogP contribution is 2.13. The average molecular weight is 424 g/mol. The Kier molecular flexibility index (Phi) is 6.60. The zero-order valence-electron chi connectivity index (χ0n) is 16.1. The second-order valence-electron chi connectivity index (χ2n) is 5.69. The maximum atomic E-state index is 11.0. The van der Waals surface area contributed by atoms with Crippen molar-refractivity contribution in [2.45, 2.75) is 0 Å². The van der Waals surface area contributed by atoms with Crippen LogP contribution in [0, 0.1) is 10.1 Å². The normalized spacial score (nSPS) is 10.0. The highest BCUT2D eigenvalue weighted by Gasteiger charge is 2.13. The minimum atomic E-state index is -0.876. The highest BCUT2D eigenvalue weighted by atomic mass is 16.6. The van der Waals surface area contributed by atoms with E-state index in [0.29, 0.717) is 16.7 Å². The Bertz CT molecular complexity index is 1110. The van der Waals surface area contributed by atoms with Gasteiger partial charge in [0.15, 0.2) is 11.6 Å². The van der Waals surface area contributed by atoms with Gasteiger partial charge in [-0.1, -0.05) is 0 Å². The van der Waals surface area contributed by atoms with Gasteiger partial charge in [-0.15, -0.1) is 0 Å². The van der Waals surface area contributed by atoms with Crippen LogP contribution in [0.15, 0.2) is 73.6 Å². The molecule has 0 spiro atoms. The number of methoxy groups -OCH3 is 1. The van der Waals surface area contributed by atoms with Crippen molar-refractivity contribution in [3.63, 3.8) is 0 Å². The maximum absolute atomic E-state index is 11.0. The monoisotopic (exact) mass is 424 g/mol. The van der Waals surface area contributed by atoms with E-state index < -0.39 is 11.0 Å². The lowest BCUT2D eigenvalue weighted by Gasteiger charge is -2.12. The molecule has 0 aliphatic carbocycles. The SMILES string of the molecule is COC(=O)N(O)c1ccc(-n2cccn2)nc1.O=[N+]([O-])c1ccc(-n2cccn2)nc1. The van der Waals surface area contributed by atoms with E-state index in [1.807, 2.05) is 0 Å². The number of ether oxygens (including phenoxy) is 1. The maximum Gasteiger partial charge on any atom is 0.438 e. The van der Waals surface area contributed by atoms with Gasteiger partial charge in [-0.25, -0.2) is 24.1 Å². The van der Waals surface area contributed by atoms with Crippen molar-refractivity contribution in [2.75, 3.05) is 12.2 Å². The fraction of sp³-hybridized carbons (Fsp3) is 0.0556. The van der Waals surface area contributed by atoms with Crippen LogP contribution in [0.3, 0.4) is 0 Å². The largest absolute Gasteiger partial charge is 0.451 e. The van der Waals surface area contributed by atoms with E-state index in [4.69, 9.17) is 0 Å². The number of anilines is 1. The zero-order valence-corrected chi connectivity index (χ0v) is 16.1. The Morgan fingerprint density at radius 3 is 2.00 bits per heavy atom. The molecule has 1 amide bonds. The lowest BCUT2D eigenvalue weighted by atomic mass is 10.4. The molecule has 4 rings (SSSR count). The molecule has 4 heterocycles. The molecule has 0 saturated heterocycles. The standard InChI is InChI=1S/C10H10N4O3.C8H6N4O2/c1-17-10(15)14(16)8-3-4-9(11-7-8)13-6-2-5-12-13;13-12(14)7-2-3-8(9-6-7)11-5-1-4-10-11/h2-7,16H,1H3;1-6H. The van der Waals surface area contributed by atoms with Gasteiger partial charge in [-0.3, -0.25) is 15.3 Å². The molecule has 0 bridgehead atoms. The van der Waals surface area contributed by atoms with Crippen LogP contribution >= 0.6 is 0 Å². The van der Waals surface area contributed by atoms with Crippen LogP contribution in [0.5, 0.6) is 0 Å². The predicted octanol–water partition coefficient (Wildman–Crippen LogP) is 2.40. The third-order valence-electron chi connectivity index (χ3n) is 3.75.